The highest BCUT2D eigenvalue weighted by Gasteiger charge is 2.44. The number of fused-ring (bicyclic) bond motifs is 2. The molecule has 5 heteroatoms. The Morgan fingerprint density at radius 3 is 2.86 bits per heavy atom. The zero-order valence-corrected chi connectivity index (χ0v) is 12.7. The Morgan fingerprint density at radius 2 is 2.14 bits per heavy atom. The van der Waals surface area contributed by atoms with Gasteiger partial charge in [-0.05, 0) is 52.1 Å². The van der Waals surface area contributed by atoms with Crippen LogP contribution in [0.15, 0.2) is 4.79 Å². The number of nitrogens with zero attached hydrogens (tertiary/aromatic N) is 2. The molecular weight excluding hydrogens is 266 g/mol. The van der Waals surface area contributed by atoms with Crippen LogP contribution in [0.5, 0.6) is 0 Å². The second-order valence-electron chi connectivity index (χ2n) is 6.81. The van der Waals surface area contributed by atoms with Crippen molar-refractivity contribution in [3.63, 3.8) is 0 Å². The van der Waals surface area contributed by atoms with Crippen molar-refractivity contribution in [3.05, 3.63) is 27.4 Å². The van der Waals surface area contributed by atoms with Crippen LogP contribution in [0.1, 0.15) is 42.8 Å². The summed E-state index contributed by atoms with van der Waals surface area (Å²) in [5.41, 5.74) is 2.29. The molecule has 1 N–H and O–H groups in total. The summed E-state index contributed by atoms with van der Waals surface area (Å²) in [6.45, 7) is 5.91. The Balaban J connectivity index is 1.58. The summed E-state index contributed by atoms with van der Waals surface area (Å²) in [5, 5.41) is 0. The molecule has 1 aromatic rings. The largest absolute Gasteiger partial charge is 0.380 e. The quantitative estimate of drug-likeness (QED) is 0.842. The van der Waals surface area contributed by atoms with Gasteiger partial charge in [-0.2, -0.15) is 0 Å². The molecule has 5 nitrogen and oxygen atoms in total. The van der Waals surface area contributed by atoms with Gasteiger partial charge in [0.15, 0.2) is 0 Å². The summed E-state index contributed by atoms with van der Waals surface area (Å²) < 4.78 is 5.52. The summed E-state index contributed by atoms with van der Waals surface area (Å²) in [6.07, 6.45) is 5.42. The number of aromatic amines is 1. The van der Waals surface area contributed by atoms with Crippen LogP contribution >= 0.6 is 0 Å². The maximum absolute atomic E-state index is 12.1. The van der Waals surface area contributed by atoms with E-state index in [0.717, 1.165) is 69.1 Å². The first-order chi connectivity index (χ1) is 10.2. The minimum Gasteiger partial charge on any atom is -0.380 e. The van der Waals surface area contributed by atoms with Gasteiger partial charge in [0.1, 0.15) is 5.82 Å². The van der Waals surface area contributed by atoms with E-state index in [1.165, 1.54) is 6.42 Å². The number of ether oxygens (including phenoxy) is 1. The number of aromatic nitrogens is 2. The van der Waals surface area contributed by atoms with Crippen molar-refractivity contribution in [3.8, 4) is 0 Å². The number of likely N-dealkylation sites (tertiary alicyclic amines) is 1. The van der Waals surface area contributed by atoms with E-state index in [2.05, 4.69) is 9.88 Å². The smallest absolute Gasteiger partial charge is 0.254 e. The summed E-state index contributed by atoms with van der Waals surface area (Å²) in [7, 11) is 0. The second-order valence-corrected chi connectivity index (χ2v) is 6.81. The lowest BCUT2D eigenvalue weighted by Gasteiger charge is -2.41. The lowest BCUT2D eigenvalue weighted by molar-refractivity contribution is 0.0964. The molecule has 0 bridgehead atoms. The van der Waals surface area contributed by atoms with Gasteiger partial charge in [-0.1, -0.05) is 0 Å². The van der Waals surface area contributed by atoms with E-state index in [-0.39, 0.29) is 11.0 Å². The lowest BCUT2D eigenvalue weighted by Crippen LogP contribution is -2.47. The Bertz CT molecular complexity index is 596. The fourth-order valence-corrected chi connectivity index (χ4v) is 4.38. The van der Waals surface area contributed by atoms with Crippen molar-refractivity contribution in [1.82, 2.24) is 14.9 Å². The molecule has 0 saturated carbocycles. The third-order valence-corrected chi connectivity index (χ3v) is 5.67. The van der Waals surface area contributed by atoms with Gasteiger partial charge in [0, 0.05) is 23.6 Å². The van der Waals surface area contributed by atoms with Crippen LogP contribution < -0.4 is 5.56 Å². The number of rotatable bonds is 1. The van der Waals surface area contributed by atoms with Gasteiger partial charge < -0.3 is 9.72 Å². The first kappa shape index (κ1) is 13.5. The standard InChI is InChI=1S/C16H23N3O2/c1-11-17-14-13(15(20)18-11)2-4-16(14)5-7-19(8-6-16)12-3-9-21-10-12/h12H,2-10H2,1H3,(H,17,18,20). The molecular formula is C16H23N3O2. The number of hydrogen-bond acceptors (Lipinski definition) is 4. The summed E-state index contributed by atoms with van der Waals surface area (Å²) in [6, 6.07) is 0.608. The third-order valence-electron chi connectivity index (χ3n) is 5.67. The van der Waals surface area contributed by atoms with Crippen LogP contribution in [0.3, 0.4) is 0 Å². The van der Waals surface area contributed by atoms with Crippen molar-refractivity contribution in [2.24, 2.45) is 0 Å². The van der Waals surface area contributed by atoms with Crippen LogP contribution in [0.25, 0.3) is 0 Å². The minimum absolute atomic E-state index is 0.0843. The number of H-pyrrole nitrogens is 1. The zero-order chi connectivity index (χ0) is 14.4. The van der Waals surface area contributed by atoms with E-state index < -0.39 is 0 Å². The van der Waals surface area contributed by atoms with Crippen LogP contribution in [0.2, 0.25) is 0 Å². The average molecular weight is 289 g/mol. The van der Waals surface area contributed by atoms with Crippen molar-refractivity contribution in [2.45, 2.75) is 50.5 Å². The molecule has 21 heavy (non-hydrogen) atoms. The molecule has 0 aromatic carbocycles. The highest BCUT2D eigenvalue weighted by molar-refractivity contribution is 5.33. The van der Waals surface area contributed by atoms with Gasteiger partial charge in [0.25, 0.3) is 5.56 Å². The lowest BCUT2D eigenvalue weighted by atomic mass is 9.76. The molecule has 1 aliphatic carbocycles. The summed E-state index contributed by atoms with van der Waals surface area (Å²) in [5.74, 6) is 0.756. The van der Waals surface area contributed by atoms with Crippen LogP contribution in [-0.2, 0) is 16.6 Å². The topological polar surface area (TPSA) is 58.2 Å². The summed E-state index contributed by atoms with van der Waals surface area (Å²) in [4.78, 5) is 22.3. The SMILES string of the molecule is Cc1nc2c(c(=O)[nH]1)CCC21CCN(C2CCOC2)CC1. The highest BCUT2D eigenvalue weighted by atomic mass is 16.5. The van der Waals surface area contributed by atoms with Gasteiger partial charge in [-0.3, -0.25) is 9.69 Å². The molecule has 114 valence electrons. The second kappa shape index (κ2) is 4.92. The number of nitrogens with one attached hydrogen (secondary N) is 1. The fraction of sp³-hybridized carbons (Fsp3) is 0.750. The van der Waals surface area contributed by atoms with E-state index in [0.29, 0.717) is 6.04 Å². The van der Waals surface area contributed by atoms with E-state index >= 15 is 0 Å². The molecule has 2 aliphatic heterocycles. The molecule has 0 amide bonds. The number of aryl methyl sites for hydroxylation is 1. The van der Waals surface area contributed by atoms with Crippen LogP contribution in [0, 0.1) is 6.92 Å². The minimum atomic E-state index is 0.0843. The zero-order valence-electron chi connectivity index (χ0n) is 12.7. The molecule has 3 aliphatic rings. The Labute approximate surface area is 124 Å². The number of piperidine rings is 1. The molecule has 0 radical (unpaired) electrons. The Morgan fingerprint density at radius 1 is 1.33 bits per heavy atom. The van der Waals surface area contributed by atoms with Gasteiger partial charge >= 0.3 is 0 Å². The van der Waals surface area contributed by atoms with Gasteiger partial charge in [0.05, 0.1) is 12.3 Å². The molecule has 1 aromatic heterocycles. The molecule has 3 heterocycles. The van der Waals surface area contributed by atoms with E-state index in [9.17, 15) is 4.79 Å². The van der Waals surface area contributed by atoms with Crippen molar-refractivity contribution >= 4 is 0 Å². The Kier molecular flexibility index (Phi) is 3.15. The predicted molar refractivity (Wildman–Crippen MR) is 79.6 cm³/mol. The molecule has 1 spiro atoms. The predicted octanol–water partition coefficient (Wildman–Crippen LogP) is 1.15. The van der Waals surface area contributed by atoms with Crippen LogP contribution in [0.4, 0.5) is 0 Å². The van der Waals surface area contributed by atoms with Crippen molar-refractivity contribution < 1.29 is 4.74 Å². The maximum atomic E-state index is 12.1. The van der Waals surface area contributed by atoms with E-state index in [4.69, 9.17) is 9.72 Å². The first-order valence-electron chi connectivity index (χ1n) is 8.10. The Hall–Kier alpha value is -1.20. The van der Waals surface area contributed by atoms with Gasteiger partial charge in [-0.25, -0.2) is 4.98 Å². The van der Waals surface area contributed by atoms with Crippen molar-refractivity contribution in [1.29, 1.82) is 0 Å². The molecule has 2 fully saturated rings. The average Bonchev–Trinajstić information content (AvgIpc) is 3.10. The first-order valence-corrected chi connectivity index (χ1v) is 8.10. The van der Waals surface area contributed by atoms with Gasteiger partial charge in [0.2, 0.25) is 0 Å². The maximum Gasteiger partial charge on any atom is 0.254 e. The number of hydrogen-bond donors (Lipinski definition) is 1. The summed E-state index contributed by atoms with van der Waals surface area (Å²) >= 11 is 0. The van der Waals surface area contributed by atoms with E-state index in [1.54, 1.807) is 0 Å². The molecule has 1 unspecified atom stereocenters. The third kappa shape index (κ3) is 2.14. The normalized spacial score (nSPS) is 28.1. The fourth-order valence-electron chi connectivity index (χ4n) is 4.38. The van der Waals surface area contributed by atoms with E-state index in [1.807, 2.05) is 6.92 Å². The molecule has 1 atom stereocenters. The van der Waals surface area contributed by atoms with Crippen LogP contribution in [-0.4, -0.2) is 47.2 Å². The van der Waals surface area contributed by atoms with Gasteiger partial charge in [-0.15, -0.1) is 0 Å². The molecule has 2 saturated heterocycles. The highest BCUT2D eigenvalue weighted by Crippen LogP contribution is 2.44. The van der Waals surface area contributed by atoms with Crippen molar-refractivity contribution in [2.75, 3.05) is 26.3 Å². The molecule has 4 rings (SSSR count). The monoisotopic (exact) mass is 289 g/mol.